The minimum Gasteiger partial charge on any atom is -0.489 e. The molecule has 1 N–H and O–H groups in total. The summed E-state index contributed by atoms with van der Waals surface area (Å²) in [6, 6.07) is 12.9. The highest BCUT2D eigenvalue weighted by molar-refractivity contribution is 6.37. The van der Waals surface area contributed by atoms with E-state index in [0.717, 1.165) is 5.56 Å². The maximum atomic E-state index is 12.6. The Balaban J connectivity index is 1.82. The van der Waals surface area contributed by atoms with Gasteiger partial charge in [0.25, 0.3) is 5.91 Å². The van der Waals surface area contributed by atoms with Gasteiger partial charge >= 0.3 is 5.97 Å². The molecular formula is C21H16Cl2N2O4. The van der Waals surface area contributed by atoms with Crippen LogP contribution in [-0.4, -0.2) is 24.0 Å². The predicted molar refractivity (Wildman–Crippen MR) is 111 cm³/mol. The van der Waals surface area contributed by atoms with E-state index in [2.05, 4.69) is 10.3 Å². The third-order valence-electron chi connectivity index (χ3n) is 3.95. The zero-order valence-corrected chi connectivity index (χ0v) is 16.8. The fourth-order valence-corrected chi connectivity index (χ4v) is 3.01. The maximum absolute atomic E-state index is 12.6. The van der Waals surface area contributed by atoms with Gasteiger partial charge in [0, 0.05) is 23.0 Å². The highest BCUT2D eigenvalue weighted by atomic mass is 35.5. The number of aromatic nitrogens is 1. The van der Waals surface area contributed by atoms with E-state index in [0.29, 0.717) is 10.8 Å². The van der Waals surface area contributed by atoms with Crippen molar-refractivity contribution in [3.63, 3.8) is 0 Å². The highest BCUT2D eigenvalue weighted by Gasteiger charge is 2.18. The summed E-state index contributed by atoms with van der Waals surface area (Å²) >= 11 is 11.9. The largest absolute Gasteiger partial charge is 0.489 e. The van der Waals surface area contributed by atoms with E-state index >= 15 is 0 Å². The first-order chi connectivity index (χ1) is 14.0. The molecule has 3 rings (SSSR count). The van der Waals surface area contributed by atoms with Crippen LogP contribution in [0.3, 0.4) is 0 Å². The summed E-state index contributed by atoms with van der Waals surface area (Å²) in [7, 11) is 1.26. The average molecular weight is 431 g/mol. The summed E-state index contributed by atoms with van der Waals surface area (Å²) < 4.78 is 10.5. The van der Waals surface area contributed by atoms with Crippen molar-refractivity contribution in [3.8, 4) is 5.75 Å². The lowest BCUT2D eigenvalue weighted by molar-refractivity contribution is 0.0601. The van der Waals surface area contributed by atoms with Crippen LogP contribution in [0.5, 0.6) is 5.75 Å². The number of amides is 1. The quantitative estimate of drug-likeness (QED) is 0.556. The minimum absolute atomic E-state index is 0.148. The molecule has 148 valence electrons. The normalized spacial score (nSPS) is 10.3. The molecule has 0 bridgehead atoms. The lowest BCUT2D eigenvalue weighted by Crippen LogP contribution is -2.16. The molecule has 29 heavy (non-hydrogen) atoms. The van der Waals surface area contributed by atoms with Crippen LogP contribution in [0.2, 0.25) is 10.0 Å². The average Bonchev–Trinajstić information content (AvgIpc) is 2.73. The van der Waals surface area contributed by atoms with Crippen LogP contribution < -0.4 is 10.1 Å². The van der Waals surface area contributed by atoms with Gasteiger partial charge in [0.1, 0.15) is 12.4 Å². The van der Waals surface area contributed by atoms with E-state index in [1.54, 1.807) is 36.7 Å². The van der Waals surface area contributed by atoms with Gasteiger partial charge in [-0.2, -0.15) is 0 Å². The van der Waals surface area contributed by atoms with Gasteiger partial charge in [0.05, 0.1) is 28.9 Å². The zero-order chi connectivity index (χ0) is 20.8. The summed E-state index contributed by atoms with van der Waals surface area (Å²) in [4.78, 5) is 28.8. The number of ether oxygens (including phenoxy) is 2. The number of nitrogens with one attached hydrogen (secondary N) is 1. The third-order valence-corrected chi connectivity index (χ3v) is 4.50. The number of methoxy groups -OCH3 is 1. The molecule has 0 spiro atoms. The summed E-state index contributed by atoms with van der Waals surface area (Å²) in [6.45, 7) is 0.278. The number of carbonyl (C=O) groups excluding carboxylic acids is 2. The van der Waals surface area contributed by atoms with E-state index in [-0.39, 0.29) is 28.4 Å². The topological polar surface area (TPSA) is 77.5 Å². The van der Waals surface area contributed by atoms with Crippen LogP contribution in [0.25, 0.3) is 0 Å². The molecule has 0 aliphatic carbocycles. The molecule has 1 aromatic heterocycles. The Labute approximate surface area is 177 Å². The zero-order valence-electron chi connectivity index (χ0n) is 15.3. The number of halogens is 2. The standard InChI is InChI=1S/C21H16Cl2N2O4/c1-28-21(27)17-10-15(29-12-13-3-2-8-24-11-13)5-7-19(17)25-20(26)16-6-4-14(22)9-18(16)23/h2-11H,12H2,1H3,(H,25,26). The van der Waals surface area contributed by atoms with Gasteiger partial charge in [-0.3, -0.25) is 9.78 Å². The number of hydrogen-bond donors (Lipinski definition) is 1. The van der Waals surface area contributed by atoms with Gasteiger partial charge in [0.2, 0.25) is 0 Å². The Bertz CT molecular complexity index is 1040. The first-order valence-corrected chi connectivity index (χ1v) is 9.24. The summed E-state index contributed by atoms with van der Waals surface area (Å²) in [5.41, 5.74) is 1.52. The smallest absolute Gasteiger partial charge is 0.340 e. The Morgan fingerprint density at radius 1 is 1.07 bits per heavy atom. The second-order valence-electron chi connectivity index (χ2n) is 5.93. The monoisotopic (exact) mass is 430 g/mol. The van der Waals surface area contributed by atoms with E-state index in [1.807, 2.05) is 6.07 Å². The number of esters is 1. The van der Waals surface area contributed by atoms with Gasteiger partial charge in [-0.25, -0.2) is 4.79 Å². The fraction of sp³-hybridized carbons (Fsp3) is 0.0952. The van der Waals surface area contributed by atoms with E-state index in [1.165, 1.54) is 25.3 Å². The molecule has 1 heterocycles. The van der Waals surface area contributed by atoms with Crippen molar-refractivity contribution in [1.82, 2.24) is 4.98 Å². The fourth-order valence-electron chi connectivity index (χ4n) is 2.51. The SMILES string of the molecule is COC(=O)c1cc(OCc2cccnc2)ccc1NC(=O)c1ccc(Cl)cc1Cl. The third kappa shape index (κ3) is 5.25. The number of hydrogen-bond acceptors (Lipinski definition) is 5. The van der Waals surface area contributed by atoms with Crippen molar-refractivity contribution in [1.29, 1.82) is 0 Å². The molecule has 0 aliphatic heterocycles. The molecule has 2 aromatic carbocycles. The second-order valence-corrected chi connectivity index (χ2v) is 6.77. The Hall–Kier alpha value is -3.09. The summed E-state index contributed by atoms with van der Waals surface area (Å²) in [5.74, 6) is -0.660. The first kappa shape index (κ1) is 20.6. The van der Waals surface area contributed by atoms with Crippen LogP contribution in [-0.2, 0) is 11.3 Å². The van der Waals surface area contributed by atoms with Crippen LogP contribution in [0.1, 0.15) is 26.3 Å². The lowest BCUT2D eigenvalue weighted by Gasteiger charge is -2.13. The Morgan fingerprint density at radius 3 is 2.59 bits per heavy atom. The molecule has 0 unspecified atom stereocenters. The first-order valence-electron chi connectivity index (χ1n) is 8.48. The molecular weight excluding hydrogens is 415 g/mol. The highest BCUT2D eigenvalue weighted by Crippen LogP contribution is 2.26. The molecule has 0 radical (unpaired) electrons. The molecule has 0 aliphatic rings. The lowest BCUT2D eigenvalue weighted by atomic mass is 10.1. The van der Waals surface area contributed by atoms with Crippen molar-refractivity contribution < 1.29 is 19.1 Å². The van der Waals surface area contributed by atoms with Crippen molar-refractivity contribution in [2.45, 2.75) is 6.61 Å². The number of benzene rings is 2. The second kappa shape index (κ2) is 9.41. The van der Waals surface area contributed by atoms with Crippen LogP contribution in [0.15, 0.2) is 60.9 Å². The number of pyridine rings is 1. The van der Waals surface area contributed by atoms with Crippen molar-refractivity contribution in [2.24, 2.45) is 0 Å². The van der Waals surface area contributed by atoms with Crippen molar-refractivity contribution in [3.05, 3.63) is 87.7 Å². The molecule has 0 saturated heterocycles. The molecule has 0 atom stereocenters. The van der Waals surface area contributed by atoms with Gasteiger partial charge in [-0.05, 0) is 42.5 Å². The summed E-state index contributed by atoms with van der Waals surface area (Å²) in [5, 5.41) is 3.28. The van der Waals surface area contributed by atoms with Crippen LogP contribution >= 0.6 is 23.2 Å². The molecule has 0 fully saturated rings. The Kier molecular flexibility index (Phi) is 6.69. The van der Waals surface area contributed by atoms with Gasteiger partial charge in [-0.1, -0.05) is 29.3 Å². The van der Waals surface area contributed by atoms with Gasteiger partial charge in [0.15, 0.2) is 0 Å². The number of carbonyl (C=O) groups is 2. The van der Waals surface area contributed by atoms with Crippen molar-refractivity contribution >= 4 is 40.8 Å². The number of rotatable bonds is 6. The van der Waals surface area contributed by atoms with E-state index in [9.17, 15) is 9.59 Å². The Morgan fingerprint density at radius 2 is 1.90 bits per heavy atom. The van der Waals surface area contributed by atoms with E-state index in [4.69, 9.17) is 32.7 Å². The van der Waals surface area contributed by atoms with E-state index < -0.39 is 11.9 Å². The number of anilines is 1. The van der Waals surface area contributed by atoms with Crippen LogP contribution in [0, 0.1) is 0 Å². The van der Waals surface area contributed by atoms with Gasteiger partial charge < -0.3 is 14.8 Å². The minimum atomic E-state index is -0.616. The number of nitrogens with zero attached hydrogens (tertiary/aromatic N) is 1. The molecule has 1 amide bonds. The molecule has 6 nitrogen and oxygen atoms in total. The molecule has 0 saturated carbocycles. The maximum Gasteiger partial charge on any atom is 0.340 e. The van der Waals surface area contributed by atoms with Crippen molar-refractivity contribution in [2.75, 3.05) is 12.4 Å². The molecule has 8 heteroatoms. The van der Waals surface area contributed by atoms with Gasteiger partial charge in [-0.15, -0.1) is 0 Å². The van der Waals surface area contributed by atoms with Crippen LogP contribution in [0.4, 0.5) is 5.69 Å². The predicted octanol–water partition coefficient (Wildman–Crippen LogP) is 5.01. The molecule has 3 aromatic rings. The summed E-state index contributed by atoms with van der Waals surface area (Å²) in [6.07, 6.45) is 3.36.